The number of hydrogen-bond acceptors (Lipinski definition) is 0. The van der Waals surface area contributed by atoms with Crippen LogP contribution in [0.4, 0.5) is 0 Å². The van der Waals surface area contributed by atoms with E-state index >= 15 is 0 Å². The highest BCUT2D eigenvalue weighted by molar-refractivity contribution is 6.12. The quantitative estimate of drug-likeness (QED) is 0.208. The highest BCUT2D eigenvalue weighted by Gasteiger charge is 2.57. The molecule has 0 heterocycles. The topological polar surface area (TPSA) is 0 Å². The minimum absolute atomic E-state index is 0.0198. The molecule has 9 rings (SSSR count). The fourth-order valence-electron chi connectivity index (χ4n) is 11.4. The van der Waals surface area contributed by atoms with Crippen LogP contribution in [0.25, 0.3) is 33.0 Å². The Morgan fingerprint density at radius 3 is 2.18 bits per heavy atom. The molecule has 2 unspecified atom stereocenters. The summed E-state index contributed by atoms with van der Waals surface area (Å²) in [6.07, 6.45) is 12.0. The van der Waals surface area contributed by atoms with Crippen molar-refractivity contribution >= 4 is 21.9 Å². The fourth-order valence-corrected chi connectivity index (χ4v) is 11.4. The van der Waals surface area contributed by atoms with Crippen LogP contribution in [0.2, 0.25) is 0 Å². The molecule has 1 fully saturated rings. The van der Waals surface area contributed by atoms with Gasteiger partial charge >= 0.3 is 0 Å². The molecule has 0 bridgehead atoms. The zero-order valence-electron chi connectivity index (χ0n) is 28.2. The van der Waals surface area contributed by atoms with Crippen LogP contribution >= 0.6 is 0 Å². The average Bonchev–Trinajstić information content (AvgIpc) is 3.53. The van der Waals surface area contributed by atoms with Crippen molar-refractivity contribution in [3.05, 3.63) is 129 Å². The van der Waals surface area contributed by atoms with Gasteiger partial charge in [0.2, 0.25) is 0 Å². The van der Waals surface area contributed by atoms with Gasteiger partial charge < -0.3 is 0 Å². The SMILES string of the molecule is CC1=CC2(c3ccc4c(c3-c3ccc5cc(C)ccc5c32)C(C)(C)C2=C4C(C)(C)c3ccccc32)C(C2CCCCC2)C(C)=C1. The van der Waals surface area contributed by atoms with Crippen molar-refractivity contribution in [2.75, 3.05) is 0 Å². The summed E-state index contributed by atoms with van der Waals surface area (Å²) in [5.41, 5.74) is 19.3. The normalized spacial score (nSPS) is 25.5. The Hall–Kier alpha value is -3.64. The number of rotatable bonds is 1. The Morgan fingerprint density at radius 2 is 1.38 bits per heavy atom. The molecular weight excluding hydrogens is 540 g/mol. The van der Waals surface area contributed by atoms with Crippen molar-refractivity contribution in [1.82, 2.24) is 0 Å². The Morgan fingerprint density at radius 1 is 0.644 bits per heavy atom. The van der Waals surface area contributed by atoms with Crippen molar-refractivity contribution in [2.24, 2.45) is 11.8 Å². The molecule has 0 aromatic heterocycles. The zero-order valence-corrected chi connectivity index (χ0v) is 28.2. The van der Waals surface area contributed by atoms with Gasteiger partial charge in [0, 0.05) is 16.2 Å². The summed E-state index contributed by atoms with van der Waals surface area (Å²) in [5, 5.41) is 2.83. The van der Waals surface area contributed by atoms with Crippen LogP contribution in [-0.4, -0.2) is 0 Å². The van der Waals surface area contributed by atoms with Crippen LogP contribution < -0.4 is 0 Å². The second-order valence-corrected chi connectivity index (χ2v) is 16.2. The predicted molar refractivity (Wildman–Crippen MR) is 192 cm³/mol. The van der Waals surface area contributed by atoms with E-state index in [1.54, 1.807) is 33.4 Å². The molecule has 0 aliphatic heterocycles. The van der Waals surface area contributed by atoms with E-state index in [0.717, 1.165) is 0 Å². The maximum Gasteiger partial charge on any atom is 0.0473 e. The van der Waals surface area contributed by atoms with Crippen molar-refractivity contribution in [3.63, 3.8) is 0 Å². The molecule has 0 nitrogen and oxygen atoms in total. The lowest BCUT2D eigenvalue weighted by atomic mass is 9.56. The molecule has 0 N–H and O–H groups in total. The first-order chi connectivity index (χ1) is 21.6. The molecule has 0 radical (unpaired) electrons. The van der Waals surface area contributed by atoms with Gasteiger partial charge in [-0.25, -0.2) is 0 Å². The van der Waals surface area contributed by atoms with Gasteiger partial charge in [0.1, 0.15) is 0 Å². The molecule has 4 aromatic carbocycles. The summed E-state index contributed by atoms with van der Waals surface area (Å²) in [7, 11) is 0. The summed E-state index contributed by atoms with van der Waals surface area (Å²) in [6, 6.07) is 26.5. The minimum Gasteiger partial charge on any atom is -0.0681 e. The molecule has 5 aliphatic carbocycles. The first-order valence-corrected chi connectivity index (χ1v) is 17.5. The number of fused-ring (bicyclic) bond motifs is 12. The lowest BCUT2D eigenvalue weighted by Crippen LogP contribution is -2.41. The van der Waals surface area contributed by atoms with Crippen LogP contribution in [-0.2, 0) is 16.2 Å². The number of aryl methyl sites for hydroxylation is 1. The van der Waals surface area contributed by atoms with Gasteiger partial charge in [-0.15, -0.1) is 0 Å². The lowest BCUT2D eigenvalue weighted by molar-refractivity contribution is 0.227. The van der Waals surface area contributed by atoms with Crippen LogP contribution in [0.1, 0.15) is 113 Å². The summed E-state index contributed by atoms with van der Waals surface area (Å²) >= 11 is 0. The summed E-state index contributed by atoms with van der Waals surface area (Å²) in [5.74, 6) is 1.18. The predicted octanol–water partition coefficient (Wildman–Crippen LogP) is 12.0. The molecular formula is C45H46. The van der Waals surface area contributed by atoms with E-state index in [-0.39, 0.29) is 16.2 Å². The molecule has 4 aromatic rings. The van der Waals surface area contributed by atoms with Crippen LogP contribution in [0.5, 0.6) is 0 Å². The second-order valence-electron chi connectivity index (χ2n) is 16.2. The van der Waals surface area contributed by atoms with Gasteiger partial charge in [0.25, 0.3) is 0 Å². The first-order valence-electron chi connectivity index (χ1n) is 17.5. The van der Waals surface area contributed by atoms with Crippen LogP contribution in [0.15, 0.2) is 90.0 Å². The van der Waals surface area contributed by atoms with E-state index in [1.807, 2.05) is 0 Å². The Balaban J connectivity index is 1.41. The lowest BCUT2D eigenvalue weighted by Gasteiger charge is -2.47. The number of allylic oxidation sites excluding steroid dienone is 6. The molecule has 2 atom stereocenters. The highest BCUT2D eigenvalue weighted by Crippen LogP contribution is 2.69. The minimum atomic E-state index is -0.157. The van der Waals surface area contributed by atoms with Crippen LogP contribution in [0, 0.1) is 18.8 Å². The number of hydrogen-bond donors (Lipinski definition) is 0. The molecule has 0 heteroatoms. The van der Waals surface area contributed by atoms with Crippen LogP contribution in [0.3, 0.4) is 0 Å². The van der Waals surface area contributed by atoms with E-state index in [9.17, 15) is 0 Å². The molecule has 1 saturated carbocycles. The van der Waals surface area contributed by atoms with Crippen molar-refractivity contribution in [2.45, 2.75) is 96.8 Å². The Labute approximate surface area is 270 Å². The molecule has 0 saturated heterocycles. The van der Waals surface area contributed by atoms with Gasteiger partial charge in [-0.1, -0.05) is 143 Å². The molecule has 45 heavy (non-hydrogen) atoms. The highest BCUT2D eigenvalue weighted by atomic mass is 14.6. The van der Waals surface area contributed by atoms with Gasteiger partial charge in [0.15, 0.2) is 0 Å². The van der Waals surface area contributed by atoms with Crippen molar-refractivity contribution < 1.29 is 0 Å². The van der Waals surface area contributed by atoms with E-state index in [1.165, 1.54) is 81.8 Å². The third kappa shape index (κ3) is 3.34. The summed E-state index contributed by atoms with van der Waals surface area (Å²) in [4.78, 5) is 0. The maximum atomic E-state index is 2.72. The van der Waals surface area contributed by atoms with Gasteiger partial charge in [0.05, 0.1) is 0 Å². The standard InChI is InChI=1S/C45H46/c1-26-17-19-31-30(24-26)18-20-33-37-36(45(39(31)33)25-27(2)23-28(3)38(45)29-13-9-8-10-14-29)22-21-34-40(37)44(6,7)41-32-15-11-12-16-35(32)43(4,5)42(34)41/h11-12,15-25,29,38H,8-10,13-14H2,1-7H3. The smallest absolute Gasteiger partial charge is 0.0473 e. The molecule has 0 amide bonds. The molecule has 226 valence electrons. The van der Waals surface area contributed by atoms with E-state index in [4.69, 9.17) is 0 Å². The Bertz CT molecular complexity index is 2060. The third-order valence-electron chi connectivity index (χ3n) is 12.8. The van der Waals surface area contributed by atoms with E-state index in [0.29, 0.717) is 11.8 Å². The van der Waals surface area contributed by atoms with Gasteiger partial charge in [-0.2, -0.15) is 0 Å². The summed E-state index contributed by atoms with van der Waals surface area (Å²) in [6.45, 7) is 17.0. The average molecular weight is 587 g/mol. The van der Waals surface area contributed by atoms with Gasteiger partial charge in [-0.05, 0) is 112 Å². The van der Waals surface area contributed by atoms with Gasteiger partial charge in [-0.3, -0.25) is 0 Å². The number of benzene rings is 4. The Kier molecular flexibility index (Phi) is 5.53. The zero-order chi connectivity index (χ0) is 31.0. The second kappa shape index (κ2) is 9.00. The van der Waals surface area contributed by atoms with E-state index in [2.05, 4.69) is 127 Å². The largest absolute Gasteiger partial charge is 0.0681 e. The third-order valence-corrected chi connectivity index (χ3v) is 12.8. The fraction of sp³-hybridized carbons (Fsp3) is 0.378. The molecule has 1 spiro atoms. The van der Waals surface area contributed by atoms with Crippen molar-refractivity contribution in [1.29, 1.82) is 0 Å². The van der Waals surface area contributed by atoms with E-state index < -0.39 is 0 Å². The monoisotopic (exact) mass is 586 g/mol. The summed E-state index contributed by atoms with van der Waals surface area (Å²) < 4.78 is 0. The van der Waals surface area contributed by atoms with Crippen molar-refractivity contribution in [3.8, 4) is 11.1 Å². The molecule has 5 aliphatic rings. The first kappa shape index (κ1) is 27.7. The maximum absolute atomic E-state index is 2.72.